The van der Waals surface area contributed by atoms with Crippen molar-refractivity contribution in [3.05, 3.63) is 65.7 Å². The van der Waals surface area contributed by atoms with Crippen LogP contribution in [0.3, 0.4) is 0 Å². The van der Waals surface area contributed by atoms with Crippen molar-refractivity contribution in [3.63, 3.8) is 0 Å². The van der Waals surface area contributed by atoms with Crippen molar-refractivity contribution >= 4 is 11.8 Å². The van der Waals surface area contributed by atoms with Crippen LogP contribution in [-0.4, -0.2) is 47.4 Å². The molecule has 1 aliphatic heterocycles. The maximum absolute atomic E-state index is 13.9. The first-order valence-electron chi connectivity index (χ1n) is 13.5. The second-order valence-electron chi connectivity index (χ2n) is 9.96. The lowest BCUT2D eigenvalue weighted by Gasteiger charge is -2.44. The minimum absolute atomic E-state index is 0.0485. The number of rotatable bonds is 11. The van der Waals surface area contributed by atoms with E-state index in [1.807, 2.05) is 47.4 Å². The van der Waals surface area contributed by atoms with Gasteiger partial charge in [0.15, 0.2) is 0 Å². The Labute approximate surface area is 210 Å². The highest BCUT2D eigenvalue weighted by Crippen LogP contribution is 2.33. The Morgan fingerprint density at radius 1 is 0.886 bits per heavy atom. The van der Waals surface area contributed by atoms with Gasteiger partial charge in [0.05, 0.1) is 6.61 Å². The van der Waals surface area contributed by atoms with E-state index in [2.05, 4.69) is 19.1 Å². The summed E-state index contributed by atoms with van der Waals surface area (Å²) < 4.78 is 5.92. The molecule has 2 amide bonds. The van der Waals surface area contributed by atoms with E-state index in [1.165, 1.54) is 31.2 Å². The lowest BCUT2D eigenvalue weighted by molar-refractivity contribution is -0.159. The van der Waals surface area contributed by atoms with Crippen molar-refractivity contribution in [3.8, 4) is 5.75 Å². The summed E-state index contributed by atoms with van der Waals surface area (Å²) >= 11 is 0. The number of amides is 2. The standard InChI is InChI=1S/C30H40N2O3/c1-2-3-4-11-22-35-27-18-16-25(17-19-27)29-30(34)32(26-14-9-6-10-15-26)23-28(33)31(29)21-20-24-12-7-5-8-13-24/h5,7-8,12-13,16-19,26,29H,2-4,6,9-11,14-15,20-23H2,1H3/t29-/m1/s1. The molecule has 0 aromatic heterocycles. The number of piperazine rings is 1. The van der Waals surface area contributed by atoms with Gasteiger partial charge in [-0.25, -0.2) is 0 Å². The maximum atomic E-state index is 13.9. The zero-order valence-electron chi connectivity index (χ0n) is 21.2. The molecule has 2 aromatic rings. The molecule has 5 heteroatoms. The van der Waals surface area contributed by atoms with Gasteiger partial charge in [-0.3, -0.25) is 9.59 Å². The third-order valence-electron chi connectivity index (χ3n) is 7.42. The summed E-state index contributed by atoms with van der Waals surface area (Å²) in [4.78, 5) is 30.9. The third-order valence-corrected chi connectivity index (χ3v) is 7.42. The largest absolute Gasteiger partial charge is 0.494 e. The molecule has 2 fully saturated rings. The Morgan fingerprint density at radius 2 is 1.63 bits per heavy atom. The van der Waals surface area contributed by atoms with E-state index in [0.29, 0.717) is 13.2 Å². The average Bonchev–Trinajstić information content (AvgIpc) is 2.90. The summed E-state index contributed by atoms with van der Waals surface area (Å²) in [7, 11) is 0. The van der Waals surface area contributed by atoms with Gasteiger partial charge in [0, 0.05) is 12.6 Å². The van der Waals surface area contributed by atoms with Crippen LogP contribution in [0.4, 0.5) is 0 Å². The number of nitrogens with zero attached hydrogens (tertiary/aromatic N) is 2. The fourth-order valence-electron chi connectivity index (χ4n) is 5.39. The molecule has 2 aromatic carbocycles. The quantitative estimate of drug-likeness (QED) is 0.378. The molecule has 2 aliphatic rings. The number of hydrogen-bond donors (Lipinski definition) is 0. The molecule has 0 spiro atoms. The lowest BCUT2D eigenvalue weighted by atomic mass is 9.91. The lowest BCUT2D eigenvalue weighted by Crippen LogP contribution is -2.58. The number of carbonyl (C=O) groups excluding carboxylic acids is 2. The van der Waals surface area contributed by atoms with Crippen LogP contribution >= 0.6 is 0 Å². The highest BCUT2D eigenvalue weighted by Gasteiger charge is 2.42. The van der Waals surface area contributed by atoms with Gasteiger partial charge in [-0.2, -0.15) is 0 Å². The van der Waals surface area contributed by atoms with Crippen LogP contribution < -0.4 is 4.74 Å². The zero-order valence-corrected chi connectivity index (χ0v) is 21.2. The van der Waals surface area contributed by atoms with Crippen molar-refractivity contribution < 1.29 is 14.3 Å². The van der Waals surface area contributed by atoms with E-state index >= 15 is 0 Å². The van der Waals surface area contributed by atoms with Crippen LogP contribution in [0.5, 0.6) is 5.75 Å². The molecule has 0 unspecified atom stereocenters. The highest BCUT2D eigenvalue weighted by atomic mass is 16.5. The first-order chi connectivity index (χ1) is 17.2. The van der Waals surface area contributed by atoms with E-state index in [9.17, 15) is 9.59 Å². The Bertz CT molecular complexity index is 938. The summed E-state index contributed by atoms with van der Waals surface area (Å²) in [6, 6.07) is 17.6. The molecule has 1 saturated heterocycles. The van der Waals surface area contributed by atoms with E-state index in [4.69, 9.17) is 4.74 Å². The molecule has 0 radical (unpaired) electrons. The fraction of sp³-hybridized carbons (Fsp3) is 0.533. The average molecular weight is 477 g/mol. The normalized spacial score (nSPS) is 19.3. The number of hydrogen-bond acceptors (Lipinski definition) is 3. The zero-order chi connectivity index (χ0) is 24.5. The minimum atomic E-state index is -0.569. The topological polar surface area (TPSA) is 49.9 Å². The summed E-state index contributed by atoms with van der Waals surface area (Å²) in [6.45, 7) is 3.65. The molecule has 1 aliphatic carbocycles. The van der Waals surface area contributed by atoms with Crippen LogP contribution in [-0.2, 0) is 16.0 Å². The van der Waals surface area contributed by atoms with Gasteiger partial charge in [0.2, 0.25) is 5.91 Å². The van der Waals surface area contributed by atoms with Crippen LogP contribution in [0.15, 0.2) is 54.6 Å². The Morgan fingerprint density at radius 3 is 2.34 bits per heavy atom. The van der Waals surface area contributed by atoms with Crippen LogP contribution in [0.2, 0.25) is 0 Å². The number of ether oxygens (including phenoxy) is 1. The predicted molar refractivity (Wildman–Crippen MR) is 139 cm³/mol. The van der Waals surface area contributed by atoms with E-state index in [-0.39, 0.29) is 24.4 Å². The summed E-state index contributed by atoms with van der Waals surface area (Å²) in [5.74, 6) is 0.935. The van der Waals surface area contributed by atoms with Gasteiger partial charge in [-0.1, -0.05) is 87.9 Å². The summed E-state index contributed by atoms with van der Waals surface area (Å²) in [5.41, 5.74) is 2.04. The number of carbonyl (C=O) groups is 2. The van der Waals surface area contributed by atoms with Gasteiger partial charge in [-0.05, 0) is 48.9 Å². The second-order valence-corrected chi connectivity index (χ2v) is 9.96. The summed E-state index contributed by atoms with van der Waals surface area (Å²) in [5, 5.41) is 0. The molecule has 0 bridgehead atoms. The smallest absolute Gasteiger partial charge is 0.250 e. The van der Waals surface area contributed by atoms with E-state index in [1.54, 1.807) is 4.90 Å². The van der Waals surface area contributed by atoms with Gasteiger partial charge in [0.1, 0.15) is 18.3 Å². The second kappa shape index (κ2) is 12.8. The molecule has 4 rings (SSSR count). The molecule has 1 atom stereocenters. The van der Waals surface area contributed by atoms with E-state index < -0.39 is 6.04 Å². The van der Waals surface area contributed by atoms with Crippen molar-refractivity contribution in [1.29, 1.82) is 0 Å². The Kier molecular flexibility index (Phi) is 9.21. The van der Waals surface area contributed by atoms with Crippen LogP contribution in [0, 0.1) is 0 Å². The molecule has 1 heterocycles. The molecule has 1 saturated carbocycles. The maximum Gasteiger partial charge on any atom is 0.250 e. The Hall–Kier alpha value is -2.82. The van der Waals surface area contributed by atoms with Crippen LogP contribution in [0.1, 0.15) is 81.9 Å². The van der Waals surface area contributed by atoms with Gasteiger partial charge >= 0.3 is 0 Å². The molecule has 0 N–H and O–H groups in total. The summed E-state index contributed by atoms with van der Waals surface area (Å²) in [6.07, 6.45) is 10.9. The van der Waals surface area contributed by atoms with Crippen LogP contribution in [0.25, 0.3) is 0 Å². The highest BCUT2D eigenvalue weighted by molar-refractivity contribution is 5.95. The SMILES string of the molecule is CCCCCCOc1ccc([C@@H]2C(=O)N(C3CCCCC3)CC(=O)N2CCc2ccccc2)cc1. The van der Waals surface area contributed by atoms with Crippen molar-refractivity contribution in [2.45, 2.75) is 83.2 Å². The molecule has 188 valence electrons. The van der Waals surface area contributed by atoms with Gasteiger partial charge < -0.3 is 14.5 Å². The first-order valence-corrected chi connectivity index (χ1v) is 13.5. The Balaban J connectivity index is 1.50. The molecule has 35 heavy (non-hydrogen) atoms. The fourth-order valence-corrected chi connectivity index (χ4v) is 5.39. The minimum Gasteiger partial charge on any atom is -0.494 e. The van der Waals surface area contributed by atoms with Crippen molar-refractivity contribution in [2.24, 2.45) is 0 Å². The third kappa shape index (κ3) is 6.65. The van der Waals surface area contributed by atoms with Crippen molar-refractivity contribution in [1.82, 2.24) is 9.80 Å². The predicted octanol–water partition coefficient (Wildman–Crippen LogP) is 5.93. The van der Waals surface area contributed by atoms with Gasteiger partial charge in [-0.15, -0.1) is 0 Å². The molecular formula is C30H40N2O3. The van der Waals surface area contributed by atoms with Gasteiger partial charge in [0.25, 0.3) is 5.91 Å². The van der Waals surface area contributed by atoms with E-state index in [0.717, 1.165) is 49.8 Å². The van der Waals surface area contributed by atoms with Crippen molar-refractivity contribution in [2.75, 3.05) is 19.7 Å². The first kappa shape index (κ1) is 25.3. The number of benzene rings is 2. The molecule has 5 nitrogen and oxygen atoms in total. The number of unbranched alkanes of at least 4 members (excludes halogenated alkanes) is 3. The monoisotopic (exact) mass is 476 g/mol. The molecular weight excluding hydrogens is 436 g/mol.